The molecule has 3 rings (SSSR count). The van der Waals surface area contributed by atoms with Gasteiger partial charge in [0.25, 0.3) is 0 Å². The Balaban J connectivity index is 1.56. The number of ether oxygens (including phenoxy) is 1. The Kier molecular flexibility index (Phi) is 6.13. The quantitative estimate of drug-likeness (QED) is 0.360. The minimum absolute atomic E-state index is 0.00353. The van der Waals surface area contributed by atoms with Crippen LogP contribution in [0.3, 0.4) is 0 Å². The molecule has 0 unspecified atom stereocenters. The number of phenols is 2. The lowest BCUT2D eigenvalue weighted by Crippen LogP contribution is -2.16. The maximum atomic E-state index is 12.2. The van der Waals surface area contributed by atoms with E-state index >= 15 is 0 Å². The summed E-state index contributed by atoms with van der Waals surface area (Å²) in [6.45, 7) is 0. The van der Waals surface area contributed by atoms with E-state index in [4.69, 9.17) is 0 Å². The number of hydrogen-bond donors (Lipinski definition) is 3. The highest BCUT2D eigenvalue weighted by molar-refractivity contribution is 8.01. The molecule has 3 aromatic rings. The molecular formula is C17H12F3N3O4S2. The molecule has 0 aliphatic heterocycles. The fourth-order valence-electron chi connectivity index (χ4n) is 2.14. The van der Waals surface area contributed by atoms with Crippen LogP contribution in [0.15, 0.2) is 46.8 Å². The van der Waals surface area contributed by atoms with Crippen LogP contribution in [0.25, 0.3) is 0 Å². The summed E-state index contributed by atoms with van der Waals surface area (Å²) in [6, 6.07) is 8.82. The fourth-order valence-corrected chi connectivity index (χ4v) is 3.80. The Morgan fingerprint density at radius 3 is 2.52 bits per heavy atom. The molecule has 0 atom stereocenters. The number of thioether (sulfide) groups is 1. The van der Waals surface area contributed by atoms with Crippen molar-refractivity contribution < 1.29 is 32.9 Å². The minimum Gasteiger partial charge on any atom is -0.508 e. The largest absolute Gasteiger partial charge is 0.573 e. The number of phenolic OH excluding ortho intramolecular Hbond substituents is 2. The smallest absolute Gasteiger partial charge is 0.508 e. The number of alkyl halides is 3. The van der Waals surface area contributed by atoms with Crippen LogP contribution in [-0.4, -0.2) is 38.3 Å². The number of aromatic nitrogens is 2. The van der Waals surface area contributed by atoms with Gasteiger partial charge in [0.15, 0.2) is 10.1 Å². The number of anilines is 2. The summed E-state index contributed by atoms with van der Waals surface area (Å²) in [5.41, 5.74) is 0.566. The van der Waals surface area contributed by atoms with Crippen LogP contribution in [-0.2, 0) is 0 Å². The molecule has 12 heteroatoms. The summed E-state index contributed by atoms with van der Waals surface area (Å²) in [7, 11) is 0. The molecule has 0 spiro atoms. The van der Waals surface area contributed by atoms with Crippen molar-refractivity contribution in [3.05, 3.63) is 48.0 Å². The SMILES string of the molecule is O=C(CSc1nnc(Nc2ccc(OC(F)(F)F)cc2)s1)c1ccc(O)cc1O. The van der Waals surface area contributed by atoms with Crippen molar-refractivity contribution in [3.8, 4) is 17.2 Å². The van der Waals surface area contributed by atoms with E-state index in [1.54, 1.807) is 0 Å². The van der Waals surface area contributed by atoms with Crippen LogP contribution in [0.5, 0.6) is 17.2 Å². The van der Waals surface area contributed by atoms with E-state index in [2.05, 4.69) is 20.3 Å². The van der Waals surface area contributed by atoms with Crippen molar-refractivity contribution >= 4 is 39.7 Å². The molecule has 0 aliphatic rings. The van der Waals surface area contributed by atoms with Gasteiger partial charge in [-0.25, -0.2) is 0 Å². The Labute approximate surface area is 170 Å². The summed E-state index contributed by atoms with van der Waals surface area (Å²) in [4.78, 5) is 12.2. The van der Waals surface area contributed by atoms with Crippen LogP contribution in [0, 0.1) is 0 Å². The molecule has 0 aliphatic carbocycles. The second-order valence-corrected chi connectivity index (χ2v) is 7.68. The second kappa shape index (κ2) is 8.57. The maximum Gasteiger partial charge on any atom is 0.573 e. The molecule has 29 heavy (non-hydrogen) atoms. The Hall–Kier alpha value is -2.99. The number of rotatable bonds is 7. The van der Waals surface area contributed by atoms with Crippen molar-refractivity contribution in [2.75, 3.05) is 11.1 Å². The topological polar surface area (TPSA) is 105 Å². The Bertz CT molecular complexity index is 1010. The normalized spacial score (nSPS) is 11.3. The molecule has 3 N–H and O–H groups in total. The minimum atomic E-state index is -4.76. The van der Waals surface area contributed by atoms with E-state index in [1.807, 2.05) is 0 Å². The third-order valence-corrected chi connectivity index (χ3v) is 5.33. The van der Waals surface area contributed by atoms with Gasteiger partial charge in [-0.1, -0.05) is 23.1 Å². The second-order valence-electron chi connectivity index (χ2n) is 5.48. The molecule has 152 valence electrons. The third kappa shape index (κ3) is 5.99. The van der Waals surface area contributed by atoms with Gasteiger partial charge in [-0.2, -0.15) is 0 Å². The number of Topliss-reactive ketones (excluding diaryl/α,β-unsaturated/α-hetero) is 1. The third-order valence-electron chi connectivity index (χ3n) is 3.35. The lowest BCUT2D eigenvalue weighted by Gasteiger charge is -2.09. The van der Waals surface area contributed by atoms with Gasteiger partial charge >= 0.3 is 6.36 Å². The van der Waals surface area contributed by atoms with Crippen molar-refractivity contribution in [2.24, 2.45) is 0 Å². The van der Waals surface area contributed by atoms with Gasteiger partial charge in [0.05, 0.1) is 11.3 Å². The number of ketones is 1. The van der Waals surface area contributed by atoms with E-state index in [-0.39, 0.29) is 34.3 Å². The summed E-state index contributed by atoms with van der Waals surface area (Å²) in [5.74, 6) is -1.15. The number of halogens is 3. The van der Waals surface area contributed by atoms with E-state index < -0.39 is 6.36 Å². The first kappa shape index (κ1) is 20.7. The molecule has 0 radical (unpaired) electrons. The van der Waals surface area contributed by atoms with Crippen molar-refractivity contribution in [1.82, 2.24) is 10.2 Å². The molecule has 0 saturated carbocycles. The highest BCUT2D eigenvalue weighted by atomic mass is 32.2. The van der Waals surface area contributed by atoms with Crippen LogP contribution in [0.1, 0.15) is 10.4 Å². The molecular weight excluding hydrogens is 431 g/mol. The molecule has 2 aromatic carbocycles. The zero-order chi connectivity index (χ0) is 21.0. The standard InChI is InChI=1S/C17H12F3N3O4S2/c18-17(19,20)27-11-4-1-9(2-5-11)21-15-22-23-16(29-15)28-8-14(26)12-6-3-10(24)7-13(12)25/h1-7,24-25H,8H2,(H,21,22). The predicted octanol–water partition coefficient (Wildman–Crippen LogP) is 4.57. The van der Waals surface area contributed by atoms with Gasteiger partial charge in [0.2, 0.25) is 5.13 Å². The number of carbonyl (C=O) groups excluding carboxylic acids is 1. The van der Waals surface area contributed by atoms with Crippen molar-refractivity contribution in [1.29, 1.82) is 0 Å². The van der Waals surface area contributed by atoms with E-state index in [1.165, 1.54) is 24.3 Å². The van der Waals surface area contributed by atoms with E-state index in [0.717, 1.165) is 41.3 Å². The maximum absolute atomic E-state index is 12.2. The first-order valence-corrected chi connectivity index (χ1v) is 9.64. The predicted molar refractivity (Wildman–Crippen MR) is 101 cm³/mol. The van der Waals surface area contributed by atoms with Crippen LogP contribution >= 0.6 is 23.1 Å². The fraction of sp³-hybridized carbons (Fsp3) is 0.118. The molecule has 0 amide bonds. The van der Waals surface area contributed by atoms with E-state index in [9.17, 15) is 28.2 Å². The number of benzene rings is 2. The number of carbonyl (C=O) groups is 1. The first-order chi connectivity index (χ1) is 13.7. The monoisotopic (exact) mass is 443 g/mol. The molecule has 0 saturated heterocycles. The summed E-state index contributed by atoms with van der Waals surface area (Å²) in [5, 5.41) is 30.1. The molecule has 1 heterocycles. The molecule has 0 fully saturated rings. The van der Waals surface area contributed by atoms with Gasteiger partial charge in [0, 0.05) is 11.8 Å². The van der Waals surface area contributed by atoms with Gasteiger partial charge in [-0.15, -0.1) is 23.4 Å². The number of nitrogens with one attached hydrogen (secondary N) is 1. The first-order valence-electron chi connectivity index (χ1n) is 7.84. The van der Waals surface area contributed by atoms with Crippen molar-refractivity contribution in [3.63, 3.8) is 0 Å². The van der Waals surface area contributed by atoms with Gasteiger partial charge in [-0.3, -0.25) is 4.79 Å². The lowest BCUT2D eigenvalue weighted by molar-refractivity contribution is -0.274. The average molecular weight is 443 g/mol. The van der Waals surface area contributed by atoms with Crippen LogP contribution < -0.4 is 10.1 Å². The van der Waals surface area contributed by atoms with Gasteiger partial charge in [-0.05, 0) is 36.4 Å². The van der Waals surface area contributed by atoms with Crippen molar-refractivity contribution in [2.45, 2.75) is 10.7 Å². The van der Waals surface area contributed by atoms with Crippen LogP contribution in [0.4, 0.5) is 24.0 Å². The van der Waals surface area contributed by atoms with Gasteiger partial charge in [0.1, 0.15) is 17.2 Å². The zero-order valence-corrected chi connectivity index (χ0v) is 15.9. The zero-order valence-electron chi connectivity index (χ0n) is 14.3. The Morgan fingerprint density at radius 2 is 1.86 bits per heavy atom. The summed E-state index contributed by atoms with van der Waals surface area (Å²) < 4.78 is 40.8. The number of hydrogen-bond acceptors (Lipinski definition) is 9. The lowest BCUT2D eigenvalue weighted by atomic mass is 10.1. The average Bonchev–Trinajstić information content (AvgIpc) is 3.07. The number of nitrogens with zero attached hydrogens (tertiary/aromatic N) is 2. The highest BCUT2D eigenvalue weighted by Gasteiger charge is 2.30. The summed E-state index contributed by atoms with van der Waals surface area (Å²) >= 11 is 2.26. The van der Waals surface area contributed by atoms with Crippen LogP contribution in [0.2, 0.25) is 0 Å². The Morgan fingerprint density at radius 1 is 1.14 bits per heavy atom. The summed E-state index contributed by atoms with van der Waals surface area (Å²) in [6.07, 6.45) is -4.76. The number of aromatic hydroxyl groups is 2. The molecule has 0 bridgehead atoms. The van der Waals surface area contributed by atoms with Gasteiger partial charge < -0.3 is 20.3 Å². The van der Waals surface area contributed by atoms with E-state index in [0.29, 0.717) is 15.2 Å². The molecule has 7 nitrogen and oxygen atoms in total. The molecule has 1 aromatic heterocycles. The highest BCUT2D eigenvalue weighted by Crippen LogP contribution is 2.31.